The Labute approximate surface area is 134 Å². The molecule has 22 heavy (non-hydrogen) atoms. The van der Waals surface area contributed by atoms with Crippen molar-refractivity contribution in [2.75, 3.05) is 26.9 Å². The minimum atomic E-state index is -1.40. The number of hydrogen-bond acceptors (Lipinski definition) is 6. The molecule has 2 rings (SSSR count). The number of hydrogen-bond donors (Lipinski definition) is 0. The lowest BCUT2D eigenvalue weighted by Gasteiger charge is -2.21. The van der Waals surface area contributed by atoms with Gasteiger partial charge in [0.15, 0.2) is 5.75 Å². The maximum atomic E-state index is 5.31. The van der Waals surface area contributed by atoms with Gasteiger partial charge in [0.05, 0.1) is 13.3 Å². The zero-order valence-corrected chi connectivity index (χ0v) is 14.6. The molecule has 0 aromatic heterocycles. The Hall–Kier alpha value is -1.38. The fraction of sp³-hybridized carbons (Fsp3) is 0.467. The van der Waals surface area contributed by atoms with Crippen molar-refractivity contribution in [3.05, 3.63) is 36.0 Å². The first-order valence-corrected chi connectivity index (χ1v) is 8.51. The average Bonchev–Trinajstić information content (AvgIpc) is 2.56. The van der Waals surface area contributed by atoms with Crippen LogP contribution in [0, 0.1) is 0 Å². The zero-order valence-electron chi connectivity index (χ0n) is 13.6. The minimum absolute atomic E-state index is 0.661. The summed E-state index contributed by atoms with van der Waals surface area (Å²) in [7, 11) is 0.156. The van der Waals surface area contributed by atoms with Gasteiger partial charge >= 0.3 is 9.53 Å². The summed E-state index contributed by atoms with van der Waals surface area (Å²) in [4.78, 5) is 10.2. The van der Waals surface area contributed by atoms with Crippen LogP contribution in [0.15, 0.2) is 30.5 Å². The van der Waals surface area contributed by atoms with Crippen molar-refractivity contribution < 1.29 is 23.0 Å². The molecule has 1 aliphatic rings. The monoisotopic (exact) mass is 326 g/mol. The van der Waals surface area contributed by atoms with E-state index in [0.29, 0.717) is 19.8 Å². The largest absolute Gasteiger partial charge is 0.577 e. The standard InChI is InChI=1S/C9H9NO2.C6H15O3Si/c1-11-10-7-6-8-4-2-3-5-9(8)12-10;1-4-7-10(8-5-2)9-6-3/h2-7H,1H3;4-6H2,1-3H3. The van der Waals surface area contributed by atoms with Gasteiger partial charge in [0.1, 0.15) is 0 Å². The second-order valence-electron chi connectivity index (χ2n) is 3.96. The van der Waals surface area contributed by atoms with Crippen LogP contribution < -0.4 is 4.84 Å². The van der Waals surface area contributed by atoms with Gasteiger partial charge in [0.2, 0.25) is 0 Å². The number of fused-ring (bicyclic) bond motifs is 1. The highest BCUT2D eigenvalue weighted by Crippen LogP contribution is 2.24. The van der Waals surface area contributed by atoms with Crippen LogP contribution >= 0.6 is 0 Å². The number of benzene rings is 1. The predicted molar refractivity (Wildman–Crippen MR) is 85.6 cm³/mol. The molecule has 1 aromatic carbocycles. The lowest BCUT2D eigenvalue weighted by Crippen LogP contribution is -2.27. The summed E-state index contributed by atoms with van der Waals surface area (Å²) in [6.07, 6.45) is 3.66. The van der Waals surface area contributed by atoms with E-state index in [1.54, 1.807) is 13.3 Å². The van der Waals surface area contributed by atoms with Crippen LogP contribution in [0.1, 0.15) is 26.3 Å². The van der Waals surface area contributed by atoms with Crippen LogP contribution in [-0.4, -0.2) is 41.7 Å². The van der Waals surface area contributed by atoms with E-state index >= 15 is 0 Å². The van der Waals surface area contributed by atoms with Crippen molar-refractivity contribution in [3.8, 4) is 5.75 Å². The maximum absolute atomic E-state index is 5.31. The van der Waals surface area contributed by atoms with Gasteiger partial charge in [-0.1, -0.05) is 23.4 Å². The first-order chi connectivity index (χ1) is 10.7. The Balaban J connectivity index is 0.000000225. The van der Waals surface area contributed by atoms with Crippen molar-refractivity contribution in [1.29, 1.82) is 0 Å². The van der Waals surface area contributed by atoms with E-state index in [-0.39, 0.29) is 0 Å². The molecule has 0 amide bonds. The van der Waals surface area contributed by atoms with E-state index in [9.17, 15) is 0 Å². The fourth-order valence-electron chi connectivity index (χ4n) is 1.55. The van der Waals surface area contributed by atoms with Crippen molar-refractivity contribution in [3.63, 3.8) is 0 Å². The molecule has 7 heteroatoms. The second-order valence-corrected chi connectivity index (χ2v) is 5.33. The Kier molecular flexibility index (Phi) is 9.52. The average molecular weight is 326 g/mol. The summed E-state index contributed by atoms with van der Waals surface area (Å²) in [6, 6.07) is 7.77. The Bertz CT molecular complexity index is 429. The van der Waals surface area contributed by atoms with Crippen LogP contribution in [0.25, 0.3) is 6.08 Å². The van der Waals surface area contributed by atoms with E-state index in [1.165, 1.54) is 5.23 Å². The molecule has 0 fully saturated rings. The number of rotatable bonds is 7. The maximum Gasteiger partial charge on any atom is 0.577 e. The molecular formula is C15H24NO5Si. The third-order valence-electron chi connectivity index (χ3n) is 2.45. The smallest absolute Gasteiger partial charge is 0.371 e. The lowest BCUT2D eigenvalue weighted by atomic mass is 10.2. The van der Waals surface area contributed by atoms with Crippen molar-refractivity contribution in [2.24, 2.45) is 0 Å². The quantitative estimate of drug-likeness (QED) is 0.718. The van der Waals surface area contributed by atoms with Crippen LogP contribution in [0.2, 0.25) is 0 Å². The first kappa shape index (κ1) is 18.7. The highest BCUT2D eigenvalue weighted by molar-refractivity contribution is 6.36. The Morgan fingerprint density at radius 2 is 1.59 bits per heavy atom. The van der Waals surface area contributed by atoms with E-state index in [1.807, 2.05) is 51.1 Å². The molecule has 1 heterocycles. The van der Waals surface area contributed by atoms with Crippen LogP contribution in [0.3, 0.4) is 0 Å². The van der Waals surface area contributed by atoms with Gasteiger partial charge in [-0.15, -0.1) is 0 Å². The van der Waals surface area contributed by atoms with E-state index in [2.05, 4.69) is 0 Å². The van der Waals surface area contributed by atoms with E-state index in [0.717, 1.165) is 11.3 Å². The van der Waals surface area contributed by atoms with E-state index < -0.39 is 9.53 Å². The molecule has 0 unspecified atom stereocenters. The summed E-state index contributed by atoms with van der Waals surface area (Å²) in [5.74, 6) is 0.807. The Morgan fingerprint density at radius 3 is 2.14 bits per heavy atom. The molecule has 0 N–H and O–H groups in total. The molecule has 0 spiro atoms. The summed E-state index contributed by atoms with van der Waals surface area (Å²) in [5.41, 5.74) is 1.06. The SMILES string of the molecule is CCO[Si](OCC)OCC.CON1C=Cc2ccccc2O1. The minimum Gasteiger partial charge on any atom is -0.371 e. The van der Waals surface area contributed by atoms with Crippen molar-refractivity contribution in [2.45, 2.75) is 20.8 Å². The van der Waals surface area contributed by atoms with Crippen LogP contribution in [-0.2, 0) is 18.1 Å². The molecule has 0 aliphatic carbocycles. The first-order valence-electron chi connectivity index (χ1n) is 7.28. The van der Waals surface area contributed by atoms with Gasteiger partial charge in [0, 0.05) is 25.4 Å². The molecule has 123 valence electrons. The zero-order chi connectivity index (χ0) is 16.2. The lowest BCUT2D eigenvalue weighted by molar-refractivity contribution is -0.265. The number of nitrogens with zero attached hydrogens (tertiary/aromatic N) is 1. The molecule has 1 radical (unpaired) electrons. The summed E-state index contributed by atoms with van der Waals surface area (Å²) < 4.78 is 15.5. The van der Waals surface area contributed by atoms with Gasteiger partial charge in [0.25, 0.3) is 0 Å². The molecule has 1 aliphatic heterocycles. The topological polar surface area (TPSA) is 49.4 Å². The molecule has 6 nitrogen and oxygen atoms in total. The number of hydroxylamine groups is 2. The predicted octanol–water partition coefficient (Wildman–Crippen LogP) is 2.91. The highest BCUT2D eigenvalue weighted by atomic mass is 28.3. The van der Waals surface area contributed by atoms with Gasteiger partial charge in [-0.25, -0.2) is 4.84 Å². The van der Waals surface area contributed by atoms with Crippen molar-refractivity contribution in [1.82, 2.24) is 5.23 Å². The van der Waals surface area contributed by atoms with Gasteiger partial charge in [-0.2, -0.15) is 0 Å². The normalized spacial score (nSPS) is 12.5. The van der Waals surface area contributed by atoms with E-state index in [4.69, 9.17) is 23.0 Å². The van der Waals surface area contributed by atoms with Gasteiger partial charge in [-0.3, -0.25) is 0 Å². The molecule has 0 saturated carbocycles. The fourth-order valence-corrected chi connectivity index (χ4v) is 2.50. The van der Waals surface area contributed by atoms with Crippen molar-refractivity contribution >= 4 is 15.6 Å². The molecule has 0 bridgehead atoms. The Morgan fingerprint density at radius 1 is 1.00 bits per heavy atom. The van der Waals surface area contributed by atoms with Crippen LogP contribution in [0.4, 0.5) is 0 Å². The molecular weight excluding hydrogens is 302 g/mol. The number of para-hydroxylation sites is 1. The third kappa shape index (κ3) is 6.59. The third-order valence-corrected chi connectivity index (χ3v) is 4.02. The van der Waals surface area contributed by atoms with Crippen LogP contribution in [0.5, 0.6) is 5.75 Å². The summed E-state index contributed by atoms with van der Waals surface area (Å²) in [6.45, 7) is 7.78. The van der Waals surface area contributed by atoms with Gasteiger partial charge < -0.3 is 18.1 Å². The van der Waals surface area contributed by atoms with Gasteiger partial charge in [-0.05, 0) is 32.9 Å². The molecule has 0 saturated heterocycles. The molecule has 1 aromatic rings. The molecule has 0 atom stereocenters. The summed E-state index contributed by atoms with van der Waals surface area (Å²) in [5, 5.41) is 1.31. The second kappa shape index (κ2) is 11.2. The summed E-state index contributed by atoms with van der Waals surface area (Å²) >= 11 is 0. The highest BCUT2D eigenvalue weighted by Gasteiger charge is 2.15.